The molecule has 1 aromatic carbocycles. The summed E-state index contributed by atoms with van der Waals surface area (Å²) in [7, 11) is -3.62. The van der Waals surface area contributed by atoms with Crippen molar-refractivity contribution in [2.75, 3.05) is 18.4 Å². The predicted octanol–water partition coefficient (Wildman–Crippen LogP) is 1.51. The lowest BCUT2D eigenvalue weighted by Gasteiger charge is -2.30. The van der Waals surface area contributed by atoms with Gasteiger partial charge in [0.15, 0.2) is 0 Å². The van der Waals surface area contributed by atoms with Crippen LogP contribution in [-0.2, 0) is 10.0 Å². The molecular formula is C13H23N3O2S. The molecule has 0 spiro atoms. The quantitative estimate of drug-likeness (QED) is 0.707. The van der Waals surface area contributed by atoms with E-state index in [2.05, 4.69) is 19.2 Å². The van der Waals surface area contributed by atoms with Gasteiger partial charge in [0.05, 0.1) is 4.90 Å². The molecule has 5 nitrogen and oxygen atoms in total. The van der Waals surface area contributed by atoms with E-state index >= 15 is 0 Å². The maximum absolute atomic E-state index is 11.1. The summed E-state index contributed by atoms with van der Waals surface area (Å²) in [6, 6.07) is 6.43. The number of hydrogen-bond donors (Lipinski definition) is 3. The van der Waals surface area contributed by atoms with Crippen molar-refractivity contribution in [1.29, 1.82) is 0 Å². The van der Waals surface area contributed by atoms with E-state index in [1.54, 1.807) is 12.1 Å². The van der Waals surface area contributed by atoms with Gasteiger partial charge in [-0.25, -0.2) is 13.6 Å². The van der Waals surface area contributed by atoms with Crippen molar-refractivity contribution in [3.05, 3.63) is 24.3 Å². The van der Waals surface area contributed by atoms with Crippen molar-refractivity contribution < 1.29 is 8.42 Å². The van der Waals surface area contributed by atoms with Crippen LogP contribution in [0.3, 0.4) is 0 Å². The summed E-state index contributed by atoms with van der Waals surface area (Å²) in [6.07, 6.45) is 2.00. The van der Waals surface area contributed by atoms with Crippen LogP contribution in [-0.4, -0.2) is 21.5 Å². The minimum Gasteiger partial charge on any atom is -0.384 e. The van der Waals surface area contributed by atoms with Gasteiger partial charge in [0.1, 0.15) is 0 Å². The van der Waals surface area contributed by atoms with Gasteiger partial charge in [-0.05, 0) is 49.1 Å². The number of primary sulfonamides is 1. The highest BCUT2D eigenvalue weighted by atomic mass is 32.2. The Bertz CT molecular complexity index is 485. The van der Waals surface area contributed by atoms with E-state index in [1.807, 2.05) is 0 Å². The Balaban J connectivity index is 2.74. The number of anilines is 1. The van der Waals surface area contributed by atoms with E-state index in [1.165, 1.54) is 12.1 Å². The first-order chi connectivity index (χ1) is 8.87. The Morgan fingerprint density at radius 3 is 2.05 bits per heavy atom. The maximum Gasteiger partial charge on any atom is 0.238 e. The Kier molecular flexibility index (Phi) is 5.34. The zero-order valence-corrected chi connectivity index (χ0v) is 12.3. The van der Waals surface area contributed by atoms with Crippen LogP contribution in [0.4, 0.5) is 5.69 Å². The first-order valence-electron chi connectivity index (χ1n) is 6.43. The fourth-order valence-corrected chi connectivity index (χ4v) is 2.43. The summed E-state index contributed by atoms with van der Waals surface area (Å²) in [5.74, 6) is 0. The van der Waals surface area contributed by atoms with E-state index in [0.29, 0.717) is 6.54 Å². The molecule has 0 unspecified atom stereocenters. The molecule has 19 heavy (non-hydrogen) atoms. The number of rotatable bonds is 7. The third-order valence-electron chi connectivity index (χ3n) is 3.78. The van der Waals surface area contributed by atoms with Gasteiger partial charge >= 0.3 is 0 Å². The fourth-order valence-electron chi connectivity index (χ4n) is 1.91. The second-order valence-electron chi connectivity index (χ2n) is 4.83. The normalized spacial score (nSPS) is 12.4. The molecule has 0 bridgehead atoms. The smallest absolute Gasteiger partial charge is 0.238 e. The van der Waals surface area contributed by atoms with Gasteiger partial charge in [-0.15, -0.1) is 0 Å². The van der Waals surface area contributed by atoms with Gasteiger partial charge in [0, 0.05) is 12.2 Å². The second kappa shape index (κ2) is 6.36. The van der Waals surface area contributed by atoms with Crippen molar-refractivity contribution in [1.82, 2.24) is 0 Å². The summed E-state index contributed by atoms with van der Waals surface area (Å²) in [5, 5.41) is 8.35. The molecular weight excluding hydrogens is 262 g/mol. The average molecular weight is 285 g/mol. The number of hydrogen-bond acceptors (Lipinski definition) is 4. The lowest BCUT2D eigenvalue weighted by molar-refractivity contribution is 0.294. The second-order valence-corrected chi connectivity index (χ2v) is 6.40. The van der Waals surface area contributed by atoms with Crippen LogP contribution in [0.2, 0.25) is 0 Å². The third-order valence-corrected chi connectivity index (χ3v) is 4.71. The first kappa shape index (κ1) is 15.9. The van der Waals surface area contributed by atoms with E-state index in [9.17, 15) is 8.42 Å². The molecule has 0 radical (unpaired) electrons. The molecule has 0 aliphatic rings. The van der Waals surface area contributed by atoms with E-state index < -0.39 is 10.0 Å². The van der Waals surface area contributed by atoms with Crippen LogP contribution in [0.1, 0.15) is 26.7 Å². The molecule has 0 aromatic heterocycles. The molecule has 0 heterocycles. The molecule has 108 valence electrons. The average Bonchev–Trinajstić information content (AvgIpc) is 2.40. The van der Waals surface area contributed by atoms with Crippen LogP contribution in [0, 0.1) is 5.41 Å². The van der Waals surface area contributed by atoms with E-state index in [4.69, 9.17) is 10.9 Å². The monoisotopic (exact) mass is 285 g/mol. The van der Waals surface area contributed by atoms with Gasteiger partial charge in [-0.1, -0.05) is 13.8 Å². The van der Waals surface area contributed by atoms with Crippen molar-refractivity contribution in [2.45, 2.75) is 31.6 Å². The van der Waals surface area contributed by atoms with Crippen LogP contribution in [0.15, 0.2) is 29.2 Å². The van der Waals surface area contributed by atoms with Crippen molar-refractivity contribution in [2.24, 2.45) is 16.3 Å². The Morgan fingerprint density at radius 2 is 1.68 bits per heavy atom. The standard InChI is InChI=1S/C13H23N3O2S/c1-3-13(4-2,9-14)10-16-11-5-7-12(8-6-11)19(15,17)18/h5-8,16H,3-4,9-10,14H2,1-2H3,(H2,15,17,18). The van der Waals surface area contributed by atoms with Gasteiger partial charge < -0.3 is 11.1 Å². The Labute approximate surface area is 115 Å². The summed E-state index contributed by atoms with van der Waals surface area (Å²) >= 11 is 0. The van der Waals surface area contributed by atoms with Gasteiger partial charge in [-0.3, -0.25) is 0 Å². The number of benzene rings is 1. The molecule has 1 aromatic rings. The molecule has 5 N–H and O–H groups in total. The third kappa shape index (κ3) is 4.19. The molecule has 0 saturated heterocycles. The highest BCUT2D eigenvalue weighted by molar-refractivity contribution is 7.89. The first-order valence-corrected chi connectivity index (χ1v) is 7.98. The minimum absolute atomic E-state index is 0.0820. The summed E-state index contributed by atoms with van der Waals surface area (Å²) < 4.78 is 22.3. The molecule has 0 aliphatic heterocycles. The Morgan fingerprint density at radius 1 is 1.16 bits per heavy atom. The number of sulfonamides is 1. The van der Waals surface area contributed by atoms with Gasteiger partial charge in [0.2, 0.25) is 10.0 Å². The summed E-state index contributed by atoms with van der Waals surface area (Å²) in [6.45, 7) is 5.65. The predicted molar refractivity (Wildman–Crippen MR) is 78.4 cm³/mol. The van der Waals surface area contributed by atoms with E-state index in [-0.39, 0.29) is 10.3 Å². The highest BCUT2D eigenvalue weighted by Gasteiger charge is 2.23. The topological polar surface area (TPSA) is 98.2 Å². The molecule has 0 fully saturated rings. The molecule has 0 saturated carbocycles. The van der Waals surface area contributed by atoms with Crippen LogP contribution in [0.5, 0.6) is 0 Å². The molecule has 1 rings (SSSR count). The minimum atomic E-state index is -3.62. The van der Waals surface area contributed by atoms with Crippen molar-refractivity contribution in [3.63, 3.8) is 0 Å². The van der Waals surface area contributed by atoms with E-state index in [0.717, 1.165) is 25.1 Å². The molecule has 6 heteroatoms. The lowest BCUT2D eigenvalue weighted by Crippen LogP contribution is -2.36. The van der Waals surface area contributed by atoms with Crippen LogP contribution >= 0.6 is 0 Å². The molecule has 0 atom stereocenters. The fraction of sp³-hybridized carbons (Fsp3) is 0.538. The lowest BCUT2D eigenvalue weighted by atomic mass is 9.82. The Hall–Kier alpha value is -1.11. The zero-order chi connectivity index (χ0) is 14.5. The number of nitrogens with two attached hydrogens (primary N) is 2. The number of nitrogens with one attached hydrogen (secondary N) is 1. The van der Waals surface area contributed by atoms with Crippen molar-refractivity contribution in [3.8, 4) is 0 Å². The summed E-state index contributed by atoms with van der Waals surface area (Å²) in [5.41, 5.74) is 6.79. The van der Waals surface area contributed by atoms with Gasteiger partial charge in [0.25, 0.3) is 0 Å². The highest BCUT2D eigenvalue weighted by Crippen LogP contribution is 2.25. The summed E-state index contributed by atoms with van der Waals surface area (Å²) in [4.78, 5) is 0.120. The SMILES string of the molecule is CCC(CC)(CN)CNc1ccc(S(N)(=O)=O)cc1. The van der Waals surface area contributed by atoms with Crippen LogP contribution in [0.25, 0.3) is 0 Å². The molecule has 0 aliphatic carbocycles. The largest absolute Gasteiger partial charge is 0.384 e. The maximum atomic E-state index is 11.1. The zero-order valence-electron chi connectivity index (χ0n) is 11.5. The van der Waals surface area contributed by atoms with Gasteiger partial charge in [-0.2, -0.15) is 0 Å². The molecule has 0 amide bonds. The van der Waals surface area contributed by atoms with Crippen LogP contribution < -0.4 is 16.2 Å². The van der Waals surface area contributed by atoms with Crippen molar-refractivity contribution >= 4 is 15.7 Å².